The zero-order chi connectivity index (χ0) is 17.3. The Labute approximate surface area is 144 Å². The number of ether oxygens (including phenoxy) is 2. The Morgan fingerprint density at radius 3 is 2.79 bits per heavy atom. The lowest BCUT2D eigenvalue weighted by Crippen LogP contribution is -2.14. The van der Waals surface area contributed by atoms with E-state index >= 15 is 0 Å². The number of hydrogen-bond donors (Lipinski definition) is 1. The summed E-state index contributed by atoms with van der Waals surface area (Å²) in [7, 11) is -2.57. The van der Waals surface area contributed by atoms with Gasteiger partial charge in [0.25, 0.3) is 10.0 Å². The van der Waals surface area contributed by atoms with Gasteiger partial charge in [-0.2, -0.15) is 0 Å². The standard InChI is InChI=1S/C16H14ClNO5S/c1-22-16(19)13-9-11(2-4-14(13)17)18-24(20,21)12-3-5-15-10(8-12)6-7-23-15/h2-5,8-9,18H,6-7H2,1H3. The van der Waals surface area contributed by atoms with Crippen molar-refractivity contribution >= 4 is 33.3 Å². The van der Waals surface area contributed by atoms with Gasteiger partial charge in [-0.25, -0.2) is 13.2 Å². The van der Waals surface area contributed by atoms with E-state index in [-0.39, 0.29) is 21.2 Å². The zero-order valence-corrected chi connectivity index (χ0v) is 14.3. The highest BCUT2D eigenvalue weighted by Crippen LogP contribution is 2.29. The van der Waals surface area contributed by atoms with Gasteiger partial charge < -0.3 is 9.47 Å². The average molecular weight is 368 g/mol. The largest absolute Gasteiger partial charge is 0.493 e. The van der Waals surface area contributed by atoms with Crippen LogP contribution < -0.4 is 9.46 Å². The van der Waals surface area contributed by atoms with Crippen LogP contribution in [-0.4, -0.2) is 28.1 Å². The Kier molecular flexibility index (Phi) is 4.38. The maximum Gasteiger partial charge on any atom is 0.339 e. The molecule has 0 saturated carbocycles. The first-order chi connectivity index (χ1) is 11.4. The molecule has 0 radical (unpaired) electrons. The van der Waals surface area contributed by atoms with Gasteiger partial charge in [-0.3, -0.25) is 4.72 Å². The Morgan fingerprint density at radius 1 is 1.25 bits per heavy atom. The number of halogens is 1. The van der Waals surface area contributed by atoms with E-state index in [1.807, 2.05) is 0 Å². The Balaban J connectivity index is 1.91. The first-order valence-electron chi connectivity index (χ1n) is 7.07. The van der Waals surface area contributed by atoms with Gasteiger partial charge in [0.2, 0.25) is 0 Å². The van der Waals surface area contributed by atoms with E-state index in [0.717, 1.165) is 5.56 Å². The molecule has 0 amide bonds. The molecule has 0 fully saturated rings. The summed E-state index contributed by atoms with van der Waals surface area (Å²) in [6.45, 7) is 0.548. The first kappa shape index (κ1) is 16.6. The number of esters is 1. The van der Waals surface area contributed by atoms with Crippen molar-refractivity contribution in [3.63, 3.8) is 0 Å². The number of anilines is 1. The SMILES string of the molecule is COC(=O)c1cc(NS(=O)(=O)c2ccc3c(c2)CCO3)ccc1Cl. The molecule has 8 heteroatoms. The van der Waals surface area contributed by atoms with Crippen molar-refractivity contribution < 1.29 is 22.7 Å². The van der Waals surface area contributed by atoms with Crippen molar-refractivity contribution in [1.29, 1.82) is 0 Å². The number of nitrogens with one attached hydrogen (secondary N) is 1. The van der Waals surface area contributed by atoms with Gasteiger partial charge in [0.1, 0.15) is 5.75 Å². The van der Waals surface area contributed by atoms with E-state index in [1.165, 1.54) is 31.4 Å². The van der Waals surface area contributed by atoms with Gasteiger partial charge in [0, 0.05) is 12.1 Å². The fourth-order valence-corrected chi connectivity index (χ4v) is 3.69. The van der Waals surface area contributed by atoms with E-state index in [4.69, 9.17) is 16.3 Å². The Hall–Kier alpha value is -2.25. The van der Waals surface area contributed by atoms with Crippen LogP contribution >= 0.6 is 11.6 Å². The average Bonchev–Trinajstić information content (AvgIpc) is 3.03. The molecule has 2 aromatic rings. The van der Waals surface area contributed by atoms with Crippen LogP contribution in [-0.2, 0) is 21.2 Å². The summed E-state index contributed by atoms with van der Waals surface area (Å²) < 4.78 is 37.5. The lowest BCUT2D eigenvalue weighted by Gasteiger charge is -2.11. The monoisotopic (exact) mass is 367 g/mol. The molecule has 2 aromatic carbocycles. The summed E-state index contributed by atoms with van der Waals surface area (Å²) in [6.07, 6.45) is 0.673. The van der Waals surface area contributed by atoms with Crippen molar-refractivity contribution in [1.82, 2.24) is 0 Å². The normalized spacial score (nSPS) is 13.1. The molecule has 1 aliphatic rings. The van der Waals surface area contributed by atoms with Gasteiger partial charge in [-0.1, -0.05) is 11.6 Å². The minimum atomic E-state index is -3.80. The highest BCUT2D eigenvalue weighted by Gasteiger charge is 2.20. The van der Waals surface area contributed by atoms with Crippen LogP contribution in [0.3, 0.4) is 0 Å². The molecule has 24 heavy (non-hydrogen) atoms. The molecule has 0 aliphatic carbocycles. The minimum Gasteiger partial charge on any atom is -0.493 e. The van der Waals surface area contributed by atoms with Gasteiger partial charge in [0.05, 0.1) is 29.2 Å². The third-order valence-corrected chi connectivity index (χ3v) is 5.30. The van der Waals surface area contributed by atoms with E-state index in [1.54, 1.807) is 12.1 Å². The van der Waals surface area contributed by atoms with Crippen molar-refractivity contribution in [2.75, 3.05) is 18.4 Å². The van der Waals surface area contributed by atoms with E-state index in [2.05, 4.69) is 9.46 Å². The van der Waals surface area contributed by atoms with Crippen molar-refractivity contribution in [3.05, 3.63) is 52.5 Å². The predicted octanol–water partition coefficient (Wildman–Crippen LogP) is 2.86. The number of sulfonamides is 1. The summed E-state index contributed by atoms with van der Waals surface area (Å²) >= 11 is 5.93. The molecule has 1 N–H and O–H groups in total. The first-order valence-corrected chi connectivity index (χ1v) is 8.93. The van der Waals surface area contributed by atoms with Gasteiger partial charge in [-0.15, -0.1) is 0 Å². The van der Waals surface area contributed by atoms with Crippen LogP contribution in [0.1, 0.15) is 15.9 Å². The summed E-state index contributed by atoms with van der Waals surface area (Å²) in [6, 6.07) is 8.94. The summed E-state index contributed by atoms with van der Waals surface area (Å²) in [5.41, 5.74) is 1.16. The molecule has 0 atom stereocenters. The number of hydrogen-bond acceptors (Lipinski definition) is 5. The smallest absolute Gasteiger partial charge is 0.339 e. The highest BCUT2D eigenvalue weighted by molar-refractivity contribution is 7.92. The molecular weight excluding hydrogens is 354 g/mol. The molecule has 6 nitrogen and oxygen atoms in total. The third-order valence-electron chi connectivity index (χ3n) is 3.60. The molecule has 0 saturated heterocycles. The van der Waals surface area contributed by atoms with E-state index < -0.39 is 16.0 Å². The maximum atomic E-state index is 12.5. The Bertz CT molecular complexity index is 911. The molecule has 0 aromatic heterocycles. The van der Waals surface area contributed by atoms with Crippen LogP contribution in [0.5, 0.6) is 5.75 Å². The second-order valence-electron chi connectivity index (χ2n) is 5.16. The molecule has 0 spiro atoms. The number of carbonyl (C=O) groups is 1. The van der Waals surface area contributed by atoms with Crippen molar-refractivity contribution in [2.45, 2.75) is 11.3 Å². The summed E-state index contributed by atoms with van der Waals surface area (Å²) in [4.78, 5) is 11.8. The van der Waals surface area contributed by atoms with Crippen molar-refractivity contribution in [2.24, 2.45) is 0 Å². The van der Waals surface area contributed by atoms with Gasteiger partial charge >= 0.3 is 5.97 Å². The molecular formula is C16H14ClNO5S. The molecule has 1 aliphatic heterocycles. The lowest BCUT2D eigenvalue weighted by molar-refractivity contribution is 0.0601. The van der Waals surface area contributed by atoms with Gasteiger partial charge in [0.15, 0.2) is 0 Å². The second kappa shape index (κ2) is 6.33. The highest BCUT2D eigenvalue weighted by atomic mass is 35.5. The lowest BCUT2D eigenvalue weighted by atomic mass is 10.2. The van der Waals surface area contributed by atoms with Crippen LogP contribution in [0.15, 0.2) is 41.3 Å². The van der Waals surface area contributed by atoms with Crippen LogP contribution in [0.4, 0.5) is 5.69 Å². The van der Waals surface area contributed by atoms with Crippen LogP contribution in [0.25, 0.3) is 0 Å². The Morgan fingerprint density at radius 2 is 2.04 bits per heavy atom. The van der Waals surface area contributed by atoms with Crippen LogP contribution in [0.2, 0.25) is 5.02 Å². The fraction of sp³-hybridized carbons (Fsp3) is 0.188. The maximum absolute atomic E-state index is 12.5. The van der Waals surface area contributed by atoms with Crippen molar-refractivity contribution in [3.8, 4) is 5.75 Å². The predicted molar refractivity (Wildman–Crippen MR) is 89.2 cm³/mol. The number of carbonyl (C=O) groups excluding carboxylic acids is 1. The van der Waals surface area contributed by atoms with Gasteiger partial charge in [-0.05, 0) is 42.0 Å². The number of benzene rings is 2. The molecule has 0 bridgehead atoms. The zero-order valence-electron chi connectivity index (χ0n) is 12.7. The molecule has 1 heterocycles. The third kappa shape index (κ3) is 3.18. The minimum absolute atomic E-state index is 0.0849. The number of fused-ring (bicyclic) bond motifs is 1. The number of rotatable bonds is 4. The fourth-order valence-electron chi connectivity index (χ4n) is 2.40. The summed E-state index contributed by atoms with van der Waals surface area (Å²) in [5, 5.41) is 0.180. The van der Waals surface area contributed by atoms with E-state index in [9.17, 15) is 13.2 Å². The molecule has 126 valence electrons. The quantitative estimate of drug-likeness (QED) is 0.840. The molecule has 0 unspecified atom stereocenters. The molecule has 3 rings (SSSR count). The number of methoxy groups -OCH3 is 1. The second-order valence-corrected chi connectivity index (χ2v) is 7.25. The summed E-state index contributed by atoms with van der Waals surface area (Å²) in [5.74, 6) is 0.0594. The van der Waals surface area contributed by atoms with E-state index in [0.29, 0.717) is 18.8 Å². The topological polar surface area (TPSA) is 81.7 Å². The van der Waals surface area contributed by atoms with Crippen LogP contribution in [0, 0.1) is 0 Å².